The zero-order valence-corrected chi connectivity index (χ0v) is 12.3. The number of nitrogens with zero attached hydrogens (tertiary/aromatic N) is 2. The van der Waals surface area contributed by atoms with E-state index >= 15 is 0 Å². The summed E-state index contributed by atoms with van der Waals surface area (Å²) in [5, 5.41) is 14.6. The molecule has 21 heavy (non-hydrogen) atoms. The highest BCUT2D eigenvalue weighted by atomic mass is 35.5. The quantitative estimate of drug-likeness (QED) is 0.682. The van der Waals surface area contributed by atoms with E-state index in [2.05, 4.69) is 5.18 Å². The molecular weight excluding hydrogens is 311 g/mol. The zero-order chi connectivity index (χ0) is 15.0. The summed E-state index contributed by atoms with van der Waals surface area (Å²) in [5.74, 6) is -0.192. The summed E-state index contributed by atoms with van der Waals surface area (Å²) in [6.45, 7) is 0.384. The smallest absolute Gasteiger partial charge is 0.222 e. The van der Waals surface area contributed by atoms with E-state index in [1.165, 1.54) is 0 Å². The maximum absolute atomic E-state index is 11.0. The molecule has 0 aliphatic rings. The summed E-state index contributed by atoms with van der Waals surface area (Å²) < 4.78 is 1.60. The van der Waals surface area contributed by atoms with Crippen LogP contribution in [0.1, 0.15) is 5.56 Å². The van der Waals surface area contributed by atoms with Crippen LogP contribution in [0.25, 0.3) is 10.9 Å². The lowest BCUT2D eigenvalue weighted by Gasteiger charge is -2.07. The van der Waals surface area contributed by atoms with Gasteiger partial charge in [0.2, 0.25) is 5.88 Å². The summed E-state index contributed by atoms with van der Waals surface area (Å²) >= 11 is 12.0. The molecule has 1 heterocycles. The fourth-order valence-corrected chi connectivity index (χ4v) is 2.73. The lowest BCUT2D eigenvalue weighted by atomic mass is 10.2. The fourth-order valence-electron chi connectivity index (χ4n) is 2.34. The lowest BCUT2D eigenvalue weighted by molar-refractivity contribution is 0.430. The van der Waals surface area contributed by atoms with Gasteiger partial charge in [-0.3, -0.25) is 0 Å². The van der Waals surface area contributed by atoms with Gasteiger partial charge in [-0.2, -0.15) is 0 Å². The molecule has 0 saturated carbocycles. The average molecular weight is 321 g/mol. The minimum absolute atomic E-state index is 0.0374. The third-order valence-corrected chi connectivity index (χ3v) is 3.90. The monoisotopic (exact) mass is 320 g/mol. The molecule has 1 aromatic heterocycles. The number of hydrogen-bond acceptors (Lipinski definition) is 3. The minimum atomic E-state index is -0.192. The first-order valence-corrected chi connectivity index (χ1v) is 6.95. The molecule has 0 aliphatic carbocycles. The highest BCUT2D eigenvalue weighted by Crippen LogP contribution is 2.42. The Bertz CT molecular complexity index is 826. The standard InChI is InChI=1S/C15H10Cl2N2O2/c16-10-6-4-9(5-7-10)8-19-12-3-1-2-11(17)13(12)14(18-21)15(19)20/h1-7,20H,8H2. The van der Waals surface area contributed by atoms with E-state index in [0.717, 1.165) is 5.56 Å². The third kappa shape index (κ3) is 2.37. The second kappa shape index (κ2) is 5.39. The van der Waals surface area contributed by atoms with E-state index in [1.54, 1.807) is 34.9 Å². The van der Waals surface area contributed by atoms with Crippen LogP contribution in [0, 0.1) is 4.91 Å². The number of hydrogen-bond donors (Lipinski definition) is 1. The van der Waals surface area contributed by atoms with E-state index in [0.29, 0.717) is 27.5 Å². The van der Waals surface area contributed by atoms with Crippen LogP contribution in [0.5, 0.6) is 5.88 Å². The molecule has 4 nitrogen and oxygen atoms in total. The average Bonchev–Trinajstić information content (AvgIpc) is 2.75. The first kappa shape index (κ1) is 13.9. The third-order valence-electron chi connectivity index (χ3n) is 3.33. The molecule has 106 valence electrons. The molecule has 0 aliphatic heterocycles. The lowest BCUT2D eigenvalue weighted by Crippen LogP contribution is -1.98. The van der Waals surface area contributed by atoms with Gasteiger partial charge in [0.25, 0.3) is 0 Å². The summed E-state index contributed by atoms with van der Waals surface area (Å²) in [7, 11) is 0. The van der Waals surface area contributed by atoms with Gasteiger partial charge in [-0.1, -0.05) is 41.4 Å². The van der Waals surface area contributed by atoms with Crippen molar-refractivity contribution in [1.29, 1.82) is 0 Å². The Hall–Kier alpha value is -2.04. The van der Waals surface area contributed by atoms with Crippen molar-refractivity contribution in [2.45, 2.75) is 6.54 Å². The molecule has 0 unspecified atom stereocenters. The Morgan fingerprint density at radius 2 is 1.81 bits per heavy atom. The van der Waals surface area contributed by atoms with Crippen LogP contribution in [0.2, 0.25) is 10.0 Å². The maximum atomic E-state index is 11.0. The first-order chi connectivity index (χ1) is 10.1. The van der Waals surface area contributed by atoms with E-state index in [9.17, 15) is 10.0 Å². The molecule has 0 radical (unpaired) electrons. The van der Waals surface area contributed by atoms with Gasteiger partial charge in [0.05, 0.1) is 22.5 Å². The Morgan fingerprint density at radius 1 is 1.10 bits per heavy atom. The molecule has 2 aromatic carbocycles. The predicted molar refractivity (Wildman–Crippen MR) is 84.6 cm³/mol. The molecule has 1 N–H and O–H groups in total. The summed E-state index contributed by atoms with van der Waals surface area (Å²) in [6, 6.07) is 12.4. The van der Waals surface area contributed by atoms with E-state index in [4.69, 9.17) is 23.2 Å². The predicted octanol–water partition coefficient (Wildman–Crippen LogP) is 5.10. The second-order valence-electron chi connectivity index (χ2n) is 4.61. The number of nitroso groups, excluding NO2 is 1. The van der Waals surface area contributed by atoms with Gasteiger partial charge in [-0.25, -0.2) is 0 Å². The minimum Gasteiger partial charge on any atom is -0.493 e. The normalized spacial score (nSPS) is 11.0. The number of fused-ring (bicyclic) bond motifs is 1. The van der Waals surface area contributed by atoms with Gasteiger partial charge >= 0.3 is 0 Å². The van der Waals surface area contributed by atoms with Crippen molar-refractivity contribution in [3.8, 4) is 5.88 Å². The topological polar surface area (TPSA) is 54.6 Å². The van der Waals surface area contributed by atoms with Crippen molar-refractivity contribution >= 4 is 39.8 Å². The molecule has 0 atom stereocenters. The van der Waals surface area contributed by atoms with Crippen LogP contribution in [0.4, 0.5) is 5.69 Å². The molecule has 3 aromatic rings. The van der Waals surface area contributed by atoms with Gasteiger partial charge in [0.15, 0.2) is 5.69 Å². The molecule has 0 amide bonds. The second-order valence-corrected chi connectivity index (χ2v) is 5.45. The maximum Gasteiger partial charge on any atom is 0.222 e. The Kier molecular flexibility index (Phi) is 3.57. The van der Waals surface area contributed by atoms with Crippen LogP contribution < -0.4 is 0 Å². The number of rotatable bonds is 3. The molecule has 6 heteroatoms. The van der Waals surface area contributed by atoms with Gasteiger partial charge in [0, 0.05) is 5.02 Å². The molecular formula is C15H10Cl2N2O2. The van der Waals surface area contributed by atoms with E-state index in [-0.39, 0.29) is 11.6 Å². The van der Waals surface area contributed by atoms with Gasteiger partial charge < -0.3 is 9.67 Å². The number of aromatic nitrogens is 1. The van der Waals surface area contributed by atoms with Crippen molar-refractivity contribution < 1.29 is 5.11 Å². The van der Waals surface area contributed by atoms with Crippen LogP contribution in [-0.2, 0) is 6.54 Å². The molecule has 3 rings (SSSR count). The molecule has 0 bridgehead atoms. The van der Waals surface area contributed by atoms with Gasteiger partial charge in [-0.05, 0) is 35.0 Å². The van der Waals surface area contributed by atoms with Crippen LogP contribution >= 0.6 is 23.2 Å². The van der Waals surface area contributed by atoms with Crippen molar-refractivity contribution in [2.24, 2.45) is 5.18 Å². The summed E-state index contributed by atoms with van der Waals surface area (Å²) in [4.78, 5) is 11.0. The van der Waals surface area contributed by atoms with Crippen molar-refractivity contribution in [2.75, 3.05) is 0 Å². The first-order valence-electron chi connectivity index (χ1n) is 6.19. The highest BCUT2D eigenvalue weighted by molar-refractivity contribution is 6.36. The van der Waals surface area contributed by atoms with Crippen molar-refractivity contribution in [3.05, 3.63) is 63.0 Å². The number of aromatic hydroxyl groups is 1. The largest absolute Gasteiger partial charge is 0.493 e. The Morgan fingerprint density at radius 3 is 2.48 bits per heavy atom. The van der Waals surface area contributed by atoms with Crippen LogP contribution in [0.3, 0.4) is 0 Å². The van der Waals surface area contributed by atoms with Crippen LogP contribution in [-0.4, -0.2) is 9.67 Å². The highest BCUT2D eigenvalue weighted by Gasteiger charge is 2.19. The van der Waals surface area contributed by atoms with E-state index in [1.807, 2.05) is 12.1 Å². The Balaban J connectivity index is 2.18. The van der Waals surface area contributed by atoms with Crippen molar-refractivity contribution in [1.82, 2.24) is 4.57 Å². The summed E-state index contributed by atoms with van der Waals surface area (Å²) in [5.41, 5.74) is 1.55. The molecule has 0 saturated heterocycles. The van der Waals surface area contributed by atoms with Crippen molar-refractivity contribution in [3.63, 3.8) is 0 Å². The fraction of sp³-hybridized carbons (Fsp3) is 0.0667. The number of benzene rings is 2. The molecule has 0 fully saturated rings. The van der Waals surface area contributed by atoms with E-state index < -0.39 is 0 Å². The van der Waals surface area contributed by atoms with Gasteiger partial charge in [-0.15, -0.1) is 4.91 Å². The number of halogens is 2. The van der Waals surface area contributed by atoms with Gasteiger partial charge in [0.1, 0.15) is 0 Å². The summed E-state index contributed by atoms with van der Waals surface area (Å²) in [6.07, 6.45) is 0. The molecule has 0 spiro atoms. The Labute approximate surface area is 130 Å². The SMILES string of the molecule is O=Nc1c(O)n(Cc2ccc(Cl)cc2)c2cccc(Cl)c12. The zero-order valence-electron chi connectivity index (χ0n) is 10.8. The van der Waals surface area contributed by atoms with Crippen LogP contribution in [0.15, 0.2) is 47.6 Å².